The van der Waals surface area contributed by atoms with Crippen molar-refractivity contribution in [3.05, 3.63) is 0 Å². The minimum Gasteiger partial charge on any atom is -0.305 e. The molecule has 0 aromatic rings. The summed E-state index contributed by atoms with van der Waals surface area (Å²) in [6.07, 6.45) is 1.28. The molecule has 0 saturated carbocycles. The molecule has 0 N–H and O–H groups in total. The van der Waals surface area contributed by atoms with Crippen LogP contribution < -0.4 is 0 Å². The Morgan fingerprint density at radius 2 is 1.71 bits per heavy atom. The molecule has 2 heteroatoms. The normalized spacial score (nSPS) is 28.7. The summed E-state index contributed by atoms with van der Waals surface area (Å²) in [6, 6.07) is 0.712. The van der Waals surface area contributed by atoms with Gasteiger partial charge in [0.15, 0.2) is 0 Å². The second-order valence-electron chi connectivity index (χ2n) is 6.42. The van der Waals surface area contributed by atoms with Crippen LogP contribution in [0.5, 0.6) is 0 Å². The Balaban J connectivity index is 2.79. The summed E-state index contributed by atoms with van der Waals surface area (Å²) in [4.78, 5) is 4.98. The van der Waals surface area contributed by atoms with Crippen LogP contribution in [0, 0.1) is 0 Å². The quantitative estimate of drug-likeness (QED) is 0.637. The lowest BCUT2D eigenvalue weighted by atomic mass is 9.95. The van der Waals surface area contributed by atoms with Crippen LogP contribution in [0.1, 0.15) is 41.0 Å². The third-order valence-corrected chi connectivity index (χ3v) is 3.40. The maximum absolute atomic E-state index is 2.63. The van der Waals surface area contributed by atoms with E-state index in [-0.39, 0.29) is 5.54 Å². The van der Waals surface area contributed by atoms with Gasteiger partial charge >= 0.3 is 0 Å². The molecule has 1 aliphatic rings. The van der Waals surface area contributed by atoms with E-state index in [4.69, 9.17) is 0 Å². The average Bonchev–Trinajstić information content (AvgIpc) is 2.24. The number of hydrogen-bond acceptors (Lipinski definition) is 2. The van der Waals surface area contributed by atoms with E-state index in [1.807, 2.05) is 0 Å². The molecule has 1 rings (SSSR count). The van der Waals surface area contributed by atoms with Crippen LogP contribution in [0.15, 0.2) is 0 Å². The molecule has 1 atom stereocenters. The monoisotopic (exact) mass is 198 g/mol. The Morgan fingerprint density at radius 3 is 1.93 bits per heavy atom. The van der Waals surface area contributed by atoms with Gasteiger partial charge in [-0.15, -0.1) is 0 Å². The highest BCUT2D eigenvalue weighted by atomic mass is 15.3. The summed E-state index contributed by atoms with van der Waals surface area (Å²) in [5.74, 6) is 0. The van der Waals surface area contributed by atoms with Crippen molar-refractivity contribution in [3.8, 4) is 0 Å². The predicted molar refractivity (Wildman–Crippen MR) is 62.6 cm³/mol. The first kappa shape index (κ1) is 12.0. The minimum absolute atomic E-state index is 0.286. The van der Waals surface area contributed by atoms with E-state index < -0.39 is 0 Å². The fourth-order valence-electron chi connectivity index (χ4n) is 2.74. The van der Waals surface area contributed by atoms with Crippen LogP contribution in [-0.2, 0) is 0 Å². The molecule has 84 valence electrons. The topological polar surface area (TPSA) is 6.48 Å². The number of likely N-dealkylation sites (tertiary alicyclic amines) is 1. The Kier molecular flexibility index (Phi) is 2.99. The summed E-state index contributed by atoms with van der Waals surface area (Å²) in [5, 5.41) is 0. The highest BCUT2D eigenvalue weighted by molar-refractivity contribution is 5.00. The molecule has 0 spiro atoms. The lowest BCUT2D eigenvalue weighted by Gasteiger charge is -2.42. The molecule has 0 unspecified atom stereocenters. The van der Waals surface area contributed by atoms with Crippen molar-refractivity contribution in [1.29, 1.82) is 0 Å². The number of rotatable bonds is 1. The van der Waals surface area contributed by atoms with Crippen molar-refractivity contribution in [2.75, 3.05) is 20.6 Å². The molecule has 1 aliphatic heterocycles. The molecule has 14 heavy (non-hydrogen) atoms. The fraction of sp³-hybridized carbons (Fsp3) is 1.00. The van der Waals surface area contributed by atoms with Crippen LogP contribution in [0.3, 0.4) is 0 Å². The first-order valence-electron chi connectivity index (χ1n) is 5.59. The number of hydrogen-bond donors (Lipinski definition) is 0. The van der Waals surface area contributed by atoms with Crippen LogP contribution in [-0.4, -0.2) is 47.6 Å². The molecular formula is C12H26N2. The van der Waals surface area contributed by atoms with Crippen molar-refractivity contribution in [3.63, 3.8) is 0 Å². The molecule has 0 aromatic heterocycles. The van der Waals surface area contributed by atoms with Crippen molar-refractivity contribution in [1.82, 2.24) is 9.80 Å². The van der Waals surface area contributed by atoms with E-state index >= 15 is 0 Å². The summed E-state index contributed by atoms with van der Waals surface area (Å²) >= 11 is 0. The van der Waals surface area contributed by atoms with Gasteiger partial charge < -0.3 is 4.90 Å². The van der Waals surface area contributed by atoms with Gasteiger partial charge in [-0.3, -0.25) is 4.90 Å². The zero-order chi connectivity index (χ0) is 11.1. The lowest BCUT2D eigenvalue weighted by Crippen LogP contribution is -2.50. The first-order valence-corrected chi connectivity index (χ1v) is 5.59. The molecule has 0 radical (unpaired) electrons. The van der Waals surface area contributed by atoms with Gasteiger partial charge in [0.25, 0.3) is 0 Å². The standard InChI is InChI=1S/C12H26N2/c1-11(2,3)14-9-10(13(6)7)8-12(14,4)5/h10H,8-9H2,1-7H3/t10-/m0/s1. The largest absolute Gasteiger partial charge is 0.305 e. The van der Waals surface area contributed by atoms with Gasteiger partial charge in [0.05, 0.1) is 0 Å². The van der Waals surface area contributed by atoms with Crippen molar-refractivity contribution < 1.29 is 0 Å². The van der Waals surface area contributed by atoms with Gasteiger partial charge in [0.1, 0.15) is 0 Å². The van der Waals surface area contributed by atoms with Gasteiger partial charge in [-0.1, -0.05) is 0 Å². The lowest BCUT2D eigenvalue weighted by molar-refractivity contribution is 0.0664. The van der Waals surface area contributed by atoms with E-state index in [0.717, 1.165) is 0 Å². The fourth-order valence-corrected chi connectivity index (χ4v) is 2.74. The van der Waals surface area contributed by atoms with Gasteiger partial charge in [0, 0.05) is 23.7 Å². The number of likely N-dealkylation sites (N-methyl/N-ethyl adjacent to an activating group) is 1. The molecule has 0 aliphatic carbocycles. The Bertz CT molecular complexity index is 201. The summed E-state index contributed by atoms with van der Waals surface area (Å²) < 4.78 is 0. The van der Waals surface area contributed by atoms with Crippen LogP contribution in [0.4, 0.5) is 0 Å². The van der Waals surface area contributed by atoms with E-state index in [2.05, 4.69) is 58.5 Å². The van der Waals surface area contributed by atoms with Gasteiger partial charge in [0.2, 0.25) is 0 Å². The summed E-state index contributed by atoms with van der Waals surface area (Å²) in [7, 11) is 4.37. The van der Waals surface area contributed by atoms with Crippen LogP contribution in [0.2, 0.25) is 0 Å². The first-order chi connectivity index (χ1) is 6.14. The maximum Gasteiger partial charge on any atom is 0.0234 e. The van der Waals surface area contributed by atoms with Crippen LogP contribution >= 0.6 is 0 Å². The highest BCUT2D eigenvalue weighted by Gasteiger charge is 2.43. The molecule has 1 fully saturated rings. The second-order valence-corrected chi connectivity index (χ2v) is 6.42. The smallest absolute Gasteiger partial charge is 0.0234 e. The van der Waals surface area contributed by atoms with Gasteiger partial charge in [-0.05, 0) is 55.1 Å². The third-order valence-electron chi connectivity index (χ3n) is 3.40. The molecule has 0 amide bonds. The minimum atomic E-state index is 0.286. The zero-order valence-corrected chi connectivity index (χ0v) is 10.9. The molecule has 1 saturated heterocycles. The van der Waals surface area contributed by atoms with Gasteiger partial charge in [-0.2, -0.15) is 0 Å². The van der Waals surface area contributed by atoms with E-state index in [1.54, 1.807) is 0 Å². The summed E-state index contributed by atoms with van der Waals surface area (Å²) in [5.41, 5.74) is 0.626. The molecule has 2 nitrogen and oxygen atoms in total. The summed E-state index contributed by atoms with van der Waals surface area (Å²) in [6.45, 7) is 12.9. The van der Waals surface area contributed by atoms with E-state index in [9.17, 15) is 0 Å². The maximum atomic E-state index is 2.63. The second kappa shape index (κ2) is 3.49. The number of nitrogens with zero attached hydrogens (tertiary/aromatic N) is 2. The highest BCUT2D eigenvalue weighted by Crippen LogP contribution is 2.36. The Morgan fingerprint density at radius 1 is 1.21 bits per heavy atom. The molecule has 0 bridgehead atoms. The van der Waals surface area contributed by atoms with Crippen LogP contribution in [0.25, 0.3) is 0 Å². The molecule has 0 aromatic carbocycles. The third kappa shape index (κ3) is 2.29. The Labute approximate surface area is 89.3 Å². The van der Waals surface area contributed by atoms with E-state index in [1.165, 1.54) is 13.0 Å². The molecule has 1 heterocycles. The van der Waals surface area contributed by atoms with Crippen molar-refractivity contribution >= 4 is 0 Å². The molecular weight excluding hydrogens is 172 g/mol. The van der Waals surface area contributed by atoms with E-state index in [0.29, 0.717) is 11.6 Å². The average molecular weight is 198 g/mol. The SMILES string of the molecule is CN(C)[C@@H]1CN(C(C)(C)C)C(C)(C)C1. The van der Waals surface area contributed by atoms with Crippen molar-refractivity contribution in [2.24, 2.45) is 0 Å². The van der Waals surface area contributed by atoms with Crippen molar-refractivity contribution in [2.45, 2.75) is 58.2 Å². The Hall–Kier alpha value is -0.0800. The predicted octanol–water partition coefficient (Wildman–Crippen LogP) is 2.20. The van der Waals surface area contributed by atoms with Gasteiger partial charge in [-0.25, -0.2) is 0 Å². The zero-order valence-electron chi connectivity index (χ0n) is 10.9.